The van der Waals surface area contributed by atoms with Crippen LogP contribution in [0, 0.1) is 0 Å². The van der Waals surface area contributed by atoms with E-state index in [0.29, 0.717) is 26.1 Å². The fraction of sp³-hybridized carbons (Fsp3) is 0.800. The molecule has 1 fully saturated rings. The van der Waals surface area contributed by atoms with Crippen LogP contribution in [0.5, 0.6) is 0 Å². The van der Waals surface area contributed by atoms with Gasteiger partial charge in [-0.15, -0.1) is 0 Å². The van der Waals surface area contributed by atoms with Gasteiger partial charge in [0.2, 0.25) is 0 Å². The molecule has 1 aliphatic rings. The molecule has 92 valence electrons. The average molecular weight is 229 g/mol. The minimum absolute atomic E-state index is 0.0949. The topological polar surface area (TPSA) is 86.9 Å². The van der Waals surface area contributed by atoms with Gasteiger partial charge in [-0.3, -0.25) is 4.79 Å². The van der Waals surface area contributed by atoms with Gasteiger partial charge in [-0.05, 0) is 20.3 Å². The number of rotatable bonds is 3. The third kappa shape index (κ3) is 2.27. The number of carbonyl (C=O) groups is 2. The van der Waals surface area contributed by atoms with Gasteiger partial charge in [-0.25, -0.2) is 4.79 Å². The van der Waals surface area contributed by atoms with Crippen LogP contribution in [0.1, 0.15) is 20.3 Å². The molecule has 0 saturated carbocycles. The second-order valence-electron chi connectivity index (χ2n) is 4.09. The molecule has 1 rings (SSSR count). The van der Waals surface area contributed by atoms with Crippen LogP contribution in [0.15, 0.2) is 0 Å². The standard InChI is InChI=1S/C10H19N3O3/c1-3-12(4-2)9(16)13-6-5-10(11,7-13)8(14)15/h3-7,11H2,1-2H3,(H,14,15). The highest BCUT2D eigenvalue weighted by atomic mass is 16.4. The van der Waals surface area contributed by atoms with Gasteiger partial charge < -0.3 is 20.6 Å². The Bertz CT molecular complexity index is 291. The van der Waals surface area contributed by atoms with Crippen LogP contribution >= 0.6 is 0 Å². The Morgan fingerprint density at radius 1 is 1.44 bits per heavy atom. The van der Waals surface area contributed by atoms with E-state index in [0.717, 1.165) is 0 Å². The van der Waals surface area contributed by atoms with Crippen LogP contribution in [0.4, 0.5) is 4.79 Å². The van der Waals surface area contributed by atoms with Crippen LogP contribution in [0.2, 0.25) is 0 Å². The summed E-state index contributed by atoms with van der Waals surface area (Å²) in [4.78, 5) is 26.0. The van der Waals surface area contributed by atoms with Crippen molar-refractivity contribution in [1.29, 1.82) is 0 Å². The lowest BCUT2D eigenvalue weighted by atomic mass is 10.0. The summed E-state index contributed by atoms with van der Waals surface area (Å²) >= 11 is 0. The van der Waals surface area contributed by atoms with Crippen molar-refractivity contribution in [3.63, 3.8) is 0 Å². The summed E-state index contributed by atoms with van der Waals surface area (Å²) in [7, 11) is 0. The number of carboxylic acid groups (broad SMARTS) is 1. The number of urea groups is 1. The van der Waals surface area contributed by atoms with Crippen LogP contribution in [0.3, 0.4) is 0 Å². The maximum Gasteiger partial charge on any atom is 0.325 e. The van der Waals surface area contributed by atoms with Gasteiger partial charge >= 0.3 is 12.0 Å². The summed E-state index contributed by atoms with van der Waals surface area (Å²) in [5.74, 6) is -1.04. The highest BCUT2D eigenvalue weighted by molar-refractivity contribution is 5.82. The SMILES string of the molecule is CCN(CC)C(=O)N1CCC(N)(C(=O)O)C1. The van der Waals surface area contributed by atoms with E-state index in [-0.39, 0.29) is 12.6 Å². The fourth-order valence-electron chi connectivity index (χ4n) is 1.87. The van der Waals surface area contributed by atoms with Gasteiger partial charge in [-0.2, -0.15) is 0 Å². The molecule has 2 amide bonds. The highest BCUT2D eigenvalue weighted by Crippen LogP contribution is 2.20. The molecule has 6 heteroatoms. The Morgan fingerprint density at radius 2 is 2.00 bits per heavy atom. The van der Waals surface area contributed by atoms with Crippen molar-refractivity contribution in [1.82, 2.24) is 9.80 Å². The Balaban J connectivity index is 2.66. The zero-order valence-corrected chi connectivity index (χ0v) is 9.77. The van der Waals surface area contributed by atoms with E-state index < -0.39 is 11.5 Å². The minimum atomic E-state index is -1.27. The predicted octanol–water partition coefficient (Wildman–Crippen LogP) is -0.0640. The maximum atomic E-state index is 11.9. The van der Waals surface area contributed by atoms with Crippen LogP contribution < -0.4 is 5.73 Å². The monoisotopic (exact) mass is 229 g/mol. The highest BCUT2D eigenvalue weighted by Gasteiger charge is 2.43. The number of hydrogen-bond acceptors (Lipinski definition) is 3. The molecule has 0 aromatic rings. The van der Waals surface area contributed by atoms with Crippen molar-refractivity contribution >= 4 is 12.0 Å². The van der Waals surface area contributed by atoms with E-state index in [1.807, 2.05) is 13.8 Å². The fourth-order valence-corrected chi connectivity index (χ4v) is 1.87. The third-order valence-corrected chi connectivity index (χ3v) is 3.03. The van der Waals surface area contributed by atoms with E-state index in [1.165, 1.54) is 4.90 Å². The van der Waals surface area contributed by atoms with Crippen LogP contribution in [-0.2, 0) is 4.79 Å². The summed E-state index contributed by atoms with van der Waals surface area (Å²) in [6.45, 7) is 5.54. The summed E-state index contributed by atoms with van der Waals surface area (Å²) in [6, 6.07) is -0.126. The number of amides is 2. The lowest BCUT2D eigenvalue weighted by Crippen LogP contribution is -2.52. The smallest absolute Gasteiger partial charge is 0.325 e. The molecule has 3 N–H and O–H groups in total. The molecule has 0 spiro atoms. The first-order valence-corrected chi connectivity index (χ1v) is 5.50. The normalized spacial score (nSPS) is 24.6. The first kappa shape index (κ1) is 12.8. The average Bonchev–Trinajstić information content (AvgIpc) is 2.64. The van der Waals surface area contributed by atoms with Gasteiger partial charge in [0.15, 0.2) is 0 Å². The molecule has 1 heterocycles. The third-order valence-electron chi connectivity index (χ3n) is 3.03. The molecule has 0 radical (unpaired) electrons. The van der Waals surface area contributed by atoms with Crippen LogP contribution in [0.25, 0.3) is 0 Å². The van der Waals surface area contributed by atoms with Gasteiger partial charge in [0.1, 0.15) is 5.54 Å². The van der Waals surface area contributed by atoms with Crippen molar-refractivity contribution in [2.75, 3.05) is 26.2 Å². The first-order chi connectivity index (χ1) is 7.44. The Kier molecular flexibility index (Phi) is 3.74. The number of hydrogen-bond donors (Lipinski definition) is 2. The summed E-state index contributed by atoms with van der Waals surface area (Å²) in [6.07, 6.45) is 0.315. The minimum Gasteiger partial charge on any atom is -0.480 e. The zero-order chi connectivity index (χ0) is 12.3. The van der Waals surface area contributed by atoms with Crippen molar-refractivity contribution < 1.29 is 14.7 Å². The second-order valence-corrected chi connectivity index (χ2v) is 4.09. The lowest BCUT2D eigenvalue weighted by Gasteiger charge is -2.26. The Labute approximate surface area is 95.0 Å². The van der Waals surface area contributed by atoms with Gasteiger partial charge in [-0.1, -0.05) is 0 Å². The maximum absolute atomic E-state index is 11.9. The van der Waals surface area contributed by atoms with Crippen molar-refractivity contribution in [2.45, 2.75) is 25.8 Å². The number of carbonyl (C=O) groups excluding carboxylic acids is 1. The molecular weight excluding hydrogens is 210 g/mol. The number of likely N-dealkylation sites (tertiary alicyclic amines) is 1. The molecule has 1 unspecified atom stereocenters. The van der Waals surface area contributed by atoms with E-state index in [9.17, 15) is 9.59 Å². The second kappa shape index (κ2) is 4.69. The van der Waals surface area contributed by atoms with Gasteiger partial charge in [0.25, 0.3) is 0 Å². The molecule has 6 nitrogen and oxygen atoms in total. The van der Waals surface area contributed by atoms with Crippen LogP contribution in [-0.4, -0.2) is 58.6 Å². The summed E-state index contributed by atoms with van der Waals surface area (Å²) in [5.41, 5.74) is 4.43. The quantitative estimate of drug-likeness (QED) is 0.709. The largest absolute Gasteiger partial charge is 0.480 e. The van der Waals surface area contributed by atoms with E-state index in [4.69, 9.17) is 10.8 Å². The molecule has 0 aromatic heterocycles. The molecule has 1 saturated heterocycles. The first-order valence-electron chi connectivity index (χ1n) is 5.50. The Morgan fingerprint density at radius 3 is 2.38 bits per heavy atom. The van der Waals surface area contributed by atoms with E-state index in [2.05, 4.69) is 0 Å². The molecule has 1 aliphatic heterocycles. The molecule has 0 aliphatic carbocycles. The number of nitrogens with zero attached hydrogens (tertiary/aromatic N) is 2. The summed E-state index contributed by atoms with van der Waals surface area (Å²) < 4.78 is 0. The van der Waals surface area contributed by atoms with Crippen molar-refractivity contribution in [3.8, 4) is 0 Å². The van der Waals surface area contributed by atoms with Crippen molar-refractivity contribution in [2.24, 2.45) is 5.73 Å². The molecule has 1 atom stereocenters. The summed E-state index contributed by atoms with van der Waals surface area (Å²) in [5, 5.41) is 8.95. The predicted molar refractivity (Wildman–Crippen MR) is 59.1 cm³/mol. The lowest BCUT2D eigenvalue weighted by molar-refractivity contribution is -0.142. The zero-order valence-electron chi connectivity index (χ0n) is 9.77. The van der Waals surface area contributed by atoms with Crippen molar-refractivity contribution in [3.05, 3.63) is 0 Å². The number of carboxylic acids is 1. The molecular formula is C10H19N3O3. The van der Waals surface area contributed by atoms with Gasteiger partial charge in [0.05, 0.1) is 6.54 Å². The molecule has 16 heavy (non-hydrogen) atoms. The molecule has 0 bridgehead atoms. The number of aliphatic carboxylic acids is 1. The van der Waals surface area contributed by atoms with E-state index >= 15 is 0 Å². The molecule has 0 aromatic carbocycles. The van der Waals surface area contributed by atoms with Gasteiger partial charge in [0, 0.05) is 19.6 Å². The Hall–Kier alpha value is -1.30. The van der Waals surface area contributed by atoms with E-state index in [1.54, 1.807) is 4.90 Å². The number of nitrogens with two attached hydrogens (primary N) is 1.